The van der Waals surface area contributed by atoms with Crippen LogP contribution < -0.4 is 11.0 Å². The van der Waals surface area contributed by atoms with Gasteiger partial charge in [0.2, 0.25) is 0 Å². The third-order valence-electron chi connectivity index (χ3n) is 11.8. The van der Waals surface area contributed by atoms with E-state index in [1.807, 2.05) is 23.6 Å². The van der Waals surface area contributed by atoms with Gasteiger partial charge in [-0.05, 0) is 44.9 Å². The van der Waals surface area contributed by atoms with Crippen molar-refractivity contribution in [3.63, 3.8) is 0 Å². The molecule has 10 nitrogen and oxygen atoms in total. The van der Waals surface area contributed by atoms with Gasteiger partial charge in [0.1, 0.15) is 0 Å². The van der Waals surface area contributed by atoms with Gasteiger partial charge >= 0.3 is 0 Å². The molecule has 2 unspecified atom stereocenters. The summed E-state index contributed by atoms with van der Waals surface area (Å²) in [6.07, 6.45) is 30.0. The Kier molecular flexibility index (Phi) is 24.1. The Morgan fingerprint density at radius 1 is 0.536 bits per heavy atom. The van der Waals surface area contributed by atoms with Gasteiger partial charge in [0.25, 0.3) is 23.6 Å². The zero-order valence-corrected chi connectivity index (χ0v) is 35.8. The minimum absolute atomic E-state index is 0.0420. The molecule has 318 valence electrons. The van der Waals surface area contributed by atoms with Crippen molar-refractivity contribution in [2.45, 2.75) is 219 Å². The van der Waals surface area contributed by atoms with Crippen LogP contribution >= 0.6 is 0 Å². The Balaban J connectivity index is 1.28. The molecule has 1 aromatic carbocycles. The first-order chi connectivity index (χ1) is 27.3. The molecule has 2 heterocycles. The highest BCUT2D eigenvalue weighted by Crippen LogP contribution is 2.24. The van der Waals surface area contributed by atoms with E-state index >= 15 is 0 Å². The highest BCUT2D eigenvalue weighted by atomic mass is 16.7. The van der Waals surface area contributed by atoms with E-state index in [1.54, 1.807) is 18.2 Å². The first-order valence-electron chi connectivity index (χ1n) is 22.9. The van der Waals surface area contributed by atoms with Crippen molar-refractivity contribution >= 4 is 23.6 Å². The lowest BCUT2D eigenvalue weighted by molar-refractivity contribution is -0.141. The van der Waals surface area contributed by atoms with Crippen molar-refractivity contribution in [1.29, 1.82) is 0 Å². The van der Waals surface area contributed by atoms with E-state index in [9.17, 15) is 19.2 Å². The van der Waals surface area contributed by atoms with E-state index in [0.717, 1.165) is 25.7 Å². The van der Waals surface area contributed by atoms with Crippen molar-refractivity contribution in [3.8, 4) is 0 Å². The quantitative estimate of drug-likeness (QED) is 0.0555. The molecule has 2 aliphatic rings. The largest absolute Gasteiger partial charge is 0.338 e. The molecule has 4 amide bonds. The maximum Gasteiger partial charge on any atom is 0.274 e. The predicted octanol–water partition coefficient (Wildman–Crippen LogP) is 10.4. The number of nitrogens with one attached hydrogen (secondary N) is 2. The van der Waals surface area contributed by atoms with Gasteiger partial charge in [0, 0.05) is 49.1 Å². The number of carbonyl (C=O) groups is 4. The number of amides is 4. The topological polar surface area (TPSA) is 117 Å². The molecule has 3 rings (SSSR count). The number of rotatable bonds is 32. The van der Waals surface area contributed by atoms with Crippen LogP contribution in [0, 0.1) is 0 Å². The Hall–Kier alpha value is -2.98. The van der Waals surface area contributed by atoms with Crippen molar-refractivity contribution in [2.75, 3.05) is 13.1 Å². The molecule has 0 aromatic heterocycles. The number of likely N-dealkylation sites (tertiary alicyclic amines) is 2. The van der Waals surface area contributed by atoms with Crippen molar-refractivity contribution in [3.05, 3.63) is 35.4 Å². The Morgan fingerprint density at radius 2 is 0.839 bits per heavy atom. The second-order valence-electron chi connectivity index (χ2n) is 16.7. The maximum atomic E-state index is 13.1. The number of unbranched alkanes of at least 4 members (excludes halogenated alkanes) is 22. The summed E-state index contributed by atoms with van der Waals surface area (Å²) in [5.74, 6) is -1.30. The number of nitrogens with zero attached hydrogens (tertiary/aromatic N) is 2. The van der Waals surface area contributed by atoms with Crippen LogP contribution in [0.3, 0.4) is 0 Å². The Bertz CT molecular complexity index is 1180. The average Bonchev–Trinajstić information content (AvgIpc) is 3.63. The van der Waals surface area contributed by atoms with Crippen LogP contribution in [-0.2, 0) is 19.3 Å². The maximum absolute atomic E-state index is 13.1. The van der Waals surface area contributed by atoms with Crippen LogP contribution in [0.25, 0.3) is 0 Å². The zero-order chi connectivity index (χ0) is 40.4. The van der Waals surface area contributed by atoms with Crippen LogP contribution in [0.2, 0.25) is 0 Å². The molecular formula is C46H78N4O6. The van der Waals surface area contributed by atoms with Gasteiger partial charge in [0.15, 0.2) is 12.2 Å². The summed E-state index contributed by atoms with van der Waals surface area (Å²) in [4.78, 5) is 67.1. The summed E-state index contributed by atoms with van der Waals surface area (Å²) in [6, 6.07) is 6.27. The Labute approximate surface area is 339 Å². The van der Waals surface area contributed by atoms with Crippen LogP contribution in [0.5, 0.6) is 0 Å². The number of benzene rings is 1. The number of hydrogen-bond acceptors (Lipinski definition) is 6. The molecule has 10 heteroatoms. The van der Waals surface area contributed by atoms with Gasteiger partial charge in [-0.15, -0.1) is 0 Å². The lowest BCUT2D eigenvalue weighted by Crippen LogP contribution is -2.38. The minimum Gasteiger partial charge on any atom is -0.338 e. The summed E-state index contributed by atoms with van der Waals surface area (Å²) >= 11 is 0. The smallest absolute Gasteiger partial charge is 0.274 e. The molecule has 1 aromatic rings. The second kappa shape index (κ2) is 28.4. The average molecular weight is 783 g/mol. The lowest BCUT2D eigenvalue weighted by atomic mass is 10.1. The molecule has 0 spiro atoms. The first-order valence-corrected chi connectivity index (χ1v) is 22.9. The van der Waals surface area contributed by atoms with E-state index in [2.05, 4.69) is 24.8 Å². The number of hydroxylamine groups is 2. The molecule has 4 atom stereocenters. The summed E-state index contributed by atoms with van der Waals surface area (Å²) in [5, 5.41) is 0. The third kappa shape index (κ3) is 17.7. The first kappa shape index (κ1) is 47.4. The predicted molar refractivity (Wildman–Crippen MR) is 225 cm³/mol. The van der Waals surface area contributed by atoms with Crippen molar-refractivity contribution < 1.29 is 28.9 Å². The van der Waals surface area contributed by atoms with Crippen LogP contribution in [-0.4, -0.2) is 70.8 Å². The van der Waals surface area contributed by atoms with Gasteiger partial charge in [-0.3, -0.25) is 28.9 Å². The van der Waals surface area contributed by atoms with Gasteiger partial charge in [0.05, 0.1) is 0 Å². The molecule has 2 saturated heterocycles. The molecule has 2 fully saturated rings. The normalized spacial score (nSPS) is 19.6. The van der Waals surface area contributed by atoms with Gasteiger partial charge < -0.3 is 9.80 Å². The highest BCUT2D eigenvalue weighted by Gasteiger charge is 2.39. The van der Waals surface area contributed by atoms with Crippen molar-refractivity contribution in [2.24, 2.45) is 0 Å². The third-order valence-corrected chi connectivity index (χ3v) is 11.8. The Morgan fingerprint density at radius 3 is 1.16 bits per heavy atom. The lowest BCUT2D eigenvalue weighted by Gasteiger charge is -2.21. The molecule has 2 aliphatic heterocycles. The van der Waals surface area contributed by atoms with Crippen LogP contribution in [0.4, 0.5) is 0 Å². The molecule has 56 heavy (non-hydrogen) atoms. The van der Waals surface area contributed by atoms with Gasteiger partial charge in [-0.2, -0.15) is 0 Å². The van der Waals surface area contributed by atoms with Crippen LogP contribution in [0.15, 0.2) is 24.3 Å². The minimum atomic E-state index is -0.739. The molecular weight excluding hydrogens is 705 g/mol. The van der Waals surface area contributed by atoms with E-state index in [1.165, 1.54) is 134 Å². The summed E-state index contributed by atoms with van der Waals surface area (Å²) in [5.41, 5.74) is 5.28. The SMILES string of the molecule is CCCCCCCCCCCCCCN1C(=O)[C@H](ONC(=O)c2cccc(C(=O)NO[C@@H]3CC(C)N(CCCCCCCCCCCCCC)C3=O)c2)CC1C. The summed E-state index contributed by atoms with van der Waals surface area (Å²) < 4.78 is 0. The van der Waals surface area contributed by atoms with Crippen molar-refractivity contribution in [1.82, 2.24) is 20.8 Å². The zero-order valence-electron chi connectivity index (χ0n) is 35.8. The van der Waals surface area contributed by atoms with Gasteiger partial charge in [-0.1, -0.05) is 161 Å². The fourth-order valence-electron chi connectivity index (χ4n) is 8.15. The van der Waals surface area contributed by atoms with Gasteiger partial charge in [-0.25, -0.2) is 11.0 Å². The van der Waals surface area contributed by atoms with E-state index in [-0.39, 0.29) is 35.0 Å². The molecule has 0 radical (unpaired) electrons. The molecule has 0 bridgehead atoms. The molecule has 0 aliphatic carbocycles. The van der Waals surface area contributed by atoms with E-state index < -0.39 is 24.0 Å². The number of carbonyl (C=O) groups excluding carboxylic acids is 4. The highest BCUT2D eigenvalue weighted by molar-refractivity contribution is 5.99. The fourth-order valence-corrected chi connectivity index (χ4v) is 8.15. The monoisotopic (exact) mass is 783 g/mol. The number of hydrogen-bond donors (Lipinski definition) is 2. The molecule has 2 N–H and O–H groups in total. The second-order valence-corrected chi connectivity index (χ2v) is 16.7. The van der Waals surface area contributed by atoms with E-state index in [4.69, 9.17) is 9.68 Å². The molecule has 0 saturated carbocycles. The van der Waals surface area contributed by atoms with Crippen LogP contribution in [0.1, 0.15) is 215 Å². The summed E-state index contributed by atoms with van der Waals surface area (Å²) in [6.45, 7) is 9.95. The fraction of sp³-hybridized carbons (Fsp3) is 0.783. The standard InChI is InChI=1S/C46H78N4O6/c1-5-7-9-11-13-15-17-19-21-23-25-27-32-49-37(3)34-41(45(49)53)55-47-43(51)39-30-29-31-40(36-39)44(52)48-56-42-35-38(4)50(46(42)54)33-28-26-24-22-20-18-16-14-12-10-8-6-2/h29-31,36-38,41-42H,5-28,32-35H2,1-4H3,(H,47,51)(H,48,52)/t37?,38?,41-,42-/m1/s1. The van der Waals surface area contributed by atoms with E-state index in [0.29, 0.717) is 25.9 Å². The summed E-state index contributed by atoms with van der Waals surface area (Å²) in [7, 11) is 0.